The van der Waals surface area contributed by atoms with Gasteiger partial charge in [-0.05, 0) is 33.7 Å². The molecule has 6 heteroatoms. The van der Waals surface area contributed by atoms with Gasteiger partial charge in [0.1, 0.15) is 5.60 Å². The minimum Gasteiger partial charge on any atom is -0.469 e. The van der Waals surface area contributed by atoms with E-state index in [1.807, 2.05) is 20.8 Å². The Labute approximate surface area is 114 Å². The van der Waals surface area contributed by atoms with E-state index in [1.54, 1.807) is 0 Å². The lowest BCUT2D eigenvalue weighted by molar-refractivity contribution is -0.142. The summed E-state index contributed by atoms with van der Waals surface area (Å²) in [5.41, 5.74) is -0.519. The summed E-state index contributed by atoms with van der Waals surface area (Å²) in [5, 5.41) is 6.06. The van der Waals surface area contributed by atoms with Crippen LogP contribution < -0.4 is 10.6 Å². The van der Waals surface area contributed by atoms with Crippen LogP contribution in [0.5, 0.6) is 0 Å². The second-order valence-corrected chi connectivity index (χ2v) is 5.79. The van der Waals surface area contributed by atoms with Gasteiger partial charge in [-0.15, -0.1) is 0 Å². The number of hydrogen-bond acceptors (Lipinski definition) is 5. The summed E-state index contributed by atoms with van der Waals surface area (Å²) in [4.78, 5) is 23.1. The molecule has 0 radical (unpaired) electrons. The normalized spacial score (nSPS) is 23.6. The number of carbonyl (C=O) groups excluding carboxylic acids is 2. The van der Waals surface area contributed by atoms with Gasteiger partial charge in [0.2, 0.25) is 0 Å². The van der Waals surface area contributed by atoms with Gasteiger partial charge in [-0.3, -0.25) is 4.79 Å². The first-order valence-electron chi connectivity index (χ1n) is 6.59. The summed E-state index contributed by atoms with van der Waals surface area (Å²) in [7, 11) is 1.37. The molecule has 6 nitrogen and oxygen atoms in total. The van der Waals surface area contributed by atoms with Crippen molar-refractivity contribution in [2.75, 3.05) is 20.2 Å². The van der Waals surface area contributed by atoms with Crippen molar-refractivity contribution in [1.29, 1.82) is 0 Å². The Balaban J connectivity index is 2.52. The van der Waals surface area contributed by atoms with Gasteiger partial charge in [-0.25, -0.2) is 4.79 Å². The van der Waals surface area contributed by atoms with Gasteiger partial charge in [0, 0.05) is 18.5 Å². The number of esters is 1. The predicted octanol–water partition coefficient (Wildman–Crippen LogP) is 1.05. The van der Waals surface area contributed by atoms with E-state index in [-0.39, 0.29) is 17.9 Å². The molecule has 0 aromatic rings. The van der Waals surface area contributed by atoms with Crippen molar-refractivity contribution in [3.8, 4) is 0 Å². The lowest BCUT2D eigenvalue weighted by atomic mass is 9.90. The summed E-state index contributed by atoms with van der Waals surface area (Å²) in [6, 6.07) is -0.0600. The molecule has 19 heavy (non-hydrogen) atoms. The van der Waals surface area contributed by atoms with E-state index in [9.17, 15) is 9.59 Å². The third-order valence-electron chi connectivity index (χ3n) is 2.97. The van der Waals surface area contributed by atoms with Crippen LogP contribution in [-0.2, 0) is 14.3 Å². The SMILES string of the molecule is COC(=O)CC1CNCCC1NC(=O)OC(C)(C)C. The number of methoxy groups -OCH3 is 1. The fraction of sp³-hybridized carbons (Fsp3) is 0.846. The van der Waals surface area contributed by atoms with Crippen LogP contribution in [0.3, 0.4) is 0 Å². The summed E-state index contributed by atoms with van der Waals surface area (Å²) in [6.07, 6.45) is 0.638. The van der Waals surface area contributed by atoms with E-state index in [1.165, 1.54) is 7.11 Å². The van der Waals surface area contributed by atoms with E-state index in [0.29, 0.717) is 13.0 Å². The molecule has 1 rings (SSSR count). The van der Waals surface area contributed by atoms with Gasteiger partial charge < -0.3 is 20.1 Å². The Morgan fingerprint density at radius 2 is 2.05 bits per heavy atom. The van der Waals surface area contributed by atoms with Crippen LogP contribution in [0.4, 0.5) is 4.79 Å². The number of rotatable bonds is 3. The van der Waals surface area contributed by atoms with Gasteiger partial charge in [-0.1, -0.05) is 0 Å². The van der Waals surface area contributed by atoms with Gasteiger partial charge in [0.15, 0.2) is 0 Å². The maximum atomic E-state index is 11.8. The molecule has 1 aliphatic rings. The zero-order valence-corrected chi connectivity index (χ0v) is 12.1. The van der Waals surface area contributed by atoms with Crippen molar-refractivity contribution in [1.82, 2.24) is 10.6 Å². The number of carbonyl (C=O) groups is 2. The third-order valence-corrected chi connectivity index (χ3v) is 2.97. The van der Waals surface area contributed by atoms with Crippen molar-refractivity contribution in [2.24, 2.45) is 5.92 Å². The van der Waals surface area contributed by atoms with Crippen LogP contribution in [0.1, 0.15) is 33.6 Å². The minimum atomic E-state index is -0.519. The molecule has 1 amide bonds. The summed E-state index contributed by atoms with van der Waals surface area (Å²) >= 11 is 0. The zero-order chi connectivity index (χ0) is 14.5. The Bertz CT molecular complexity index is 325. The average Bonchev–Trinajstić information content (AvgIpc) is 2.29. The lowest BCUT2D eigenvalue weighted by Crippen LogP contribution is -2.51. The number of nitrogens with one attached hydrogen (secondary N) is 2. The molecule has 0 aromatic heterocycles. The number of piperidine rings is 1. The van der Waals surface area contributed by atoms with E-state index in [2.05, 4.69) is 15.4 Å². The summed E-state index contributed by atoms with van der Waals surface area (Å²) in [5.74, 6) is -0.224. The molecule has 1 fully saturated rings. The molecule has 0 spiro atoms. The highest BCUT2D eigenvalue weighted by atomic mass is 16.6. The quantitative estimate of drug-likeness (QED) is 0.751. The second-order valence-electron chi connectivity index (χ2n) is 5.79. The molecule has 0 aromatic carbocycles. The number of hydrogen-bond donors (Lipinski definition) is 2. The van der Waals surface area contributed by atoms with E-state index in [0.717, 1.165) is 13.0 Å². The van der Waals surface area contributed by atoms with Crippen molar-refractivity contribution in [2.45, 2.75) is 45.3 Å². The fourth-order valence-electron chi connectivity index (χ4n) is 2.08. The van der Waals surface area contributed by atoms with Crippen LogP contribution >= 0.6 is 0 Å². The Morgan fingerprint density at radius 1 is 1.37 bits per heavy atom. The first kappa shape index (κ1) is 15.8. The smallest absolute Gasteiger partial charge is 0.407 e. The largest absolute Gasteiger partial charge is 0.469 e. The second kappa shape index (κ2) is 6.75. The average molecular weight is 272 g/mol. The van der Waals surface area contributed by atoms with Gasteiger partial charge in [0.25, 0.3) is 0 Å². The Morgan fingerprint density at radius 3 is 2.63 bits per heavy atom. The van der Waals surface area contributed by atoms with E-state index >= 15 is 0 Å². The fourth-order valence-corrected chi connectivity index (χ4v) is 2.08. The highest BCUT2D eigenvalue weighted by Gasteiger charge is 2.30. The maximum absolute atomic E-state index is 11.8. The van der Waals surface area contributed by atoms with Crippen LogP contribution in [0, 0.1) is 5.92 Å². The number of ether oxygens (including phenoxy) is 2. The summed E-state index contributed by atoms with van der Waals surface area (Å²) < 4.78 is 9.91. The molecule has 1 aliphatic heterocycles. The number of alkyl carbamates (subject to hydrolysis) is 1. The Kier molecular flexibility index (Phi) is 5.60. The van der Waals surface area contributed by atoms with Gasteiger partial charge in [0.05, 0.1) is 13.5 Å². The highest BCUT2D eigenvalue weighted by molar-refractivity contribution is 5.70. The van der Waals surface area contributed by atoms with Crippen molar-refractivity contribution < 1.29 is 19.1 Å². The highest BCUT2D eigenvalue weighted by Crippen LogP contribution is 2.17. The van der Waals surface area contributed by atoms with Crippen LogP contribution in [0.15, 0.2) is 0 Å². The molecule has 0 saturated carbocycles. The van der Waals surface area contributed by atoms with Crippen LogP contribution in [0.25, 0.3) is 0 Å². The molecule has 0 bridgehead atoms. The van der Waals surface area contributed by atoms with E-state index in [4.69, 9.17) is 4.74 Å². The molecule has 2 atom stereocenters. The predicted molar refractivity (Wildman–Crippen MR) is 70.8 cm³/mol. The van der Waals surface area contributed by atoms with Crippen molar-refractivity contribution >= 4 is 12.1 Å². The van der Waals surface area contributed by atoms with Gasteiger partial charge in [-0.2, -0.15) is 0 Å². The lowest BCUT2D eigenvalue weighted by Gasteiger charge is -2.32. The van der Waals surface area contributed by atoms with Gasteiger partial charge >= 0.3 is 12.1 Å². The first-order valence-corrected chi connectivity index (χ1v) is 6.59. The van der Waals surface area contributed by atoms with Crippen molar-refractivity contribution in [3.05, 3.63) is 0 Å². The molecule has 110 valence electrons. The van der Waals surface area contributed by atoms with Crippen LogP contribution in [0.2, 0.25) is 0 Å². The molecule has 1 saturated heterocycles. The molecule has 2 unspecified atom stereocenters. The minimum absolute atomic E-state index is 0.0359. The topological polar surface area (TPSA) is 76.7 Å². The standard InChI is InChI=1S/C13H24N2O4/c1-13(2,3)19-12(17)15-10-5-6-14-8-9(10)7-11(16)18-4/h9-10,14H,5-8H2,1-4H3,(H,15,17). The maximum Gasteiger partial charge on any atom is 0.407 e. The van der Waals surface area contributed by atoms with Crippen molar-refractivity contribution in [3.63, 3.8) is 0 Å². The first-order chi connectivity index (χ1) is 8.81. The van der Waals surface area contributed by atoms with E-state index < -0.39 is 11.7 Å². The van der Waals surface area contributed by atoms with Crippen LogP contribution in [-0.4, -0.2) is 43.9 Å². The molecule has 0 aliphatic carbocycles. The Hall–Kier alpha value is -1.30. The summed E-state index contributed by atoms with van der Waals surface area (Å²) in [6.45, 7) is 6.97. The molecule has 1 heterocycles. The number of amides is 1. The molecular formula is C13H24N2O4. The molecular weight excluding hydrogens is 248 g/mol. The third kappa shape index (κ3) is 5.92. The molecule has 2 N–H and O–H groups in total. The monoisotopic (exact) mass is 272 g/mol. The zero-order valence-electron chi connectivity index (χ0n) is 12.1.